The number of hydrogen-bond donors (Lipinski definition) is 2. The third-order valence-corrected chi connectivity index (χ3v) is 17.0. The number of likely N-dealkylation sites (tertiary alicyclic amines) is 1. The Balaban J connectivity index is 0.690. The van der Waals surface area contributed by atoms with Crippen LogP contribution in [0.1, 0.15) is 146 Å². The number of hydrogen-bond acceptors (Lipinski definition) is 12. The number of thiazole rings is 1. The van der Waals surface area contributed by atoms with Gasteiger partial charge < -0.3 is 19.3 Å². The molecule has 0 spiro atoms. The van der Waals surface area contributed by atoms with Gasteiger partial charge in [0.1, 0.15) is 17.2 Å². The highest BCUT2D eigenvalue weighted by Gasteiger charge is 2.33. The van der Waals surface area contributed by atoms with Crippen molar-refractivity contribution in [1.29, 1.82) is 0 Å². The highest BCUT2D eigenvalue weighted by atomic mass is 32.1. The maximum atomic E-state index is 14.1. The normalized spacial score (nSPS) is 20.2. The van der Waals surface area contributed by atoms with E-state index in [0.717, 1.165) is 113 Å². The van der Waals surface area contributed by atoms with Crippen molar-refractivity contribution >= 4 is 67.1 Å². The Morgan fingerprint density at radius 2 is 1.68 bits per heavy atom. The zero-order valence-electron chi connectivity index (χ0n) is 44.3. The van der Waals surface area contributed by atoms with Crippen LogP contribution in [0.3, 0.4) is 0 Å². The fraction of sp³-hybridized carbons (Fsp3) is 0.426. The topological polar surface area (TPSA) is 161 Å². The average Bonchev–Trinajstić information content (AvgIpc) is 4.17. The summed E-state index contributed by atoms with van der Waals surface area (Å²) in [5.74, 6) is 1.10. The molecule has 76 heavy (non-hydrogen) atoms. The summed E-state index contributed by atoms with van der Waals surface area (Å²) in [7, 11) is 1.94. The summed E-state index contributed by atoms with van der Waals surface area (Å²) in [6, 6.07) is 30.4. The van der Waals surface area contributed by atoms with Gasteiger partial charge >= 0.3 is 5.97 Å². The Labute approximate surface area is 448 Å². The van der Waals surface area contributed by atoms with E-state index in [4.69, 9.17) is 19.6 Å². The third-order valence-electron chi connectivity index (χ3n) is 16.0. The molecule has 3 aliphatic heterocycles. The minimum Gasteiger partial charge on any atom is -0.490 e. The van der Waals surface area contributed by atoms with Crippen molar-refractivity contribution in [3.63, 3.8) is 0 Å². The van der Waals surface area contributed by atoms with E-state index in [1.165, 1.54) is 36.2 Å². The fourth-order valence-electron chi connectivity index (χ4n) is 12.0. The van der Waals surface area contributed by atoms with Crippen molar-refractivity contribution in [2.45, 2.75) is 128 Å². The van der Waals surface area contributed by atoms with Crippen LogP contribution in [0.25, 0.3) is 32.2 Å². The van der Waals surface area contributed by atoms with Crippen molar-refractivity contribution in [1.82, 2.24) is 30.0 Å². The van der Waals surface area contributed by atoms with E-state index in [2.05, 4.69) is 56.6 Å². The molecule has 2 saturated heterocycles. The van der Waals surface area contributed by atoms with Crippen LogP contribution in [-0.2, 0) is 34.3 Å². The highest BCUT2D eigenvalue weighted by molar-refractivity contribution is 7.22. The number of ether oxygens (including phenoxy) is 2. The second-order valence-electron chi connectivity index (χ2n) is 22.4. The lowest BCUT2D eigenvalue weighted by molar-refractivity contribution is -0.134. The molecule has 0 bridgehead atoms. The third kappa shape index (κ3) is 11.0. The Hall–Kier alpha value is -6.97. The first-order chi connectivity index (χ1) is 36.7. The van der Waals surface area contributed by atoms with Gasteiger partial charge in [0.15, 0.2) is 10.8 Å². The number of carbonyl (C=O) groups excluding carboxylic acids is 4. The van der Waals surface area contributed by atoms with Crippen LogP contribution in [0, 0.1) is 12.8 Å². The van der Waals surface area contributed by atoms with Crippen molar-refractivity contribution in [2.24, 2.45) is 13.0 Å². The van der Waals surface area contributed by atoms with Crippen LogP contribution in [0.4, 0.5) is 10.9 Å². The van der Waals surface area contributed by atoms with Gasteiger partial charge in [0.2, 0.25) is 11.8 Å². The Bertz CT molecular complexity index is 3320. The molecule has 4 aromatic carbocycles. The van der Waals surface area contributed by atoms with Crippen LogP contribution >= 0.6 is 11.3 Å². The van der Waals surface area contributed by atoms with E-state index in [1.807, 2.05) is 99.2 Å². The Morgan fingerprint density at radius 1 is 0.855 bits per heavy atom. The van der Waals surface area contributed by atoms with Crippen LogP contribution < -0.4 is 20.3 Å². The number of benzene rings is 4. The molecule has 394 valence electrons. The lowest BCUT2D eigenvalue weighted by Crippen LogP contribution is -2.39. The number of aryl methyl sites for hydroxylation is 1. The molecule has 2 atom stereocenters. The number of anilines is 2. The summed E-state index contributed by atoms with van der Waals surface area (Å²) in [5.41, 5.74) is 8.67. The number of pyridine rings is 1. The molecule has 11 rings (SSSR count). The van der Waals surface area contributed by atoms with Crippen molar-refractivity contribution in [2.75, 3.05) is 36.4 Å². The molecule has 3 amide bonds. The van der Waals surface area contributed by atoms with Crippen molar-refractivity contribution < 1.29 is 28.7 Å². The first-order valence-electron chi connectivity index (χ1n) is 27.3. The number of nitrogens with zero attached hydrogens (tertiary/aromatic N) is 6. The molecular weight excluding hydrogens is 973 g/mol. The number of fused-ring (bicyclic) bond motifs is 3. The minimum atomic E-state index is -0.730. The largest absolute Gasteiger partial charge is 0.490 e. The summed E-state index contributed by atoms with van der Waals surface area (Å²) >= 11 is 1.45. The van der Waals surface area contributed by atoms with E-state index in [0.29, 0.717) is 59.8 Å². The molecule has 7 aromatic rings. The minimum absolute atomic E-state index is 0.127. The monoisotopic (exact) mass is 1040 g/mol. The molecule has 1 aliphatic carbocycles. The molecule has 0 radical (unpaired) electrons. The first kappa shape index (κ1) is 51.2. The van der Waals surface area contributed by atoms with Crippen LogP contribution in [0.2, 0.25) is 0 Å². The molecule has 4 aliphatic rings. The number of imide groups is 1. The Morgan fingerprint density at radius 3 is 2.50 bits per heavy atom. The Kier molecular flexibility index (Phi) is 14.5. The zero-order valence-corrected chi connectivity index (χ0v) is 45.1. The molecule has 6 heterocycles. The van der Waals surface area contributed by atoms with Gasteiger partial charge in [0, 0.05) is 49.6 Å². The summed E-state index contributed by atoms with van der Waals surface area (Å²) in [5, 5.41) is 11.8. The lowest BCUT2D eigenvalue weighted by atomic mass is 9.84. The van der Waals surface area contributed by atoms with Gasteiger partial charge in [-0.25, -0.2) is 14.8 Å². The molecule has 3 aromatic heterocycles. The number of carbonyl (C=O) groups is 4. The number of unbranched alkanes of at least 4 members (excludes halogenated alkanes) is 1. The van der Waals surface area contributed by atoms with Gasteiger partial charge in [0.05, 0.1) is 33.4 Å². The predicted molar refractivity (Wildman–Crippen MR) is 298 cm³/mol. The quantitative estimate of drug-likeness (QED) is 0.0606. The predicted octanol–water partition coefficient (Wildman–Crippen LogP) is 11.4. The number of nitrogens with one attached hydrogen (secondary N) is 2. The number of para-hydroxylation sites is 1. The molecule has 15 heteroatoms. The van der Waals surface area contributed by atoms with Crippen LogP contribution in [0.5, 0.6) is 5.75 Å². The lowest BCUT2D eigenvalue weighted by Gasteiger charge is -2.31. The molecule has 1 unspecified atom stereocenters. The van der Waals surface area contributed by atoms with Gasteiger partial charge in [-0.1, -0.05) is 72.7 Å². The second kappa shape index (κ2) is 21.6. The summed E-state index contributed by atoms with van der Waals surface area (Å²) in [6.45, 7) is 12.1. The summed E-state index contributed by atoms with van der Waals surface area (Å²) < 4.78 is 15.7. The number of esters is 1. The summed E-state index contributed by atoms with van der Waals surface area (Å²) in [4.78, 5) is 66.8. The van der Waals surface area contributed by atoms with Crippen molar-refractivity contribution in [3.8, 4) is 16.9 Å². The smallest absolute Gasteiger partial charge is 0.358 e. The van der Waals surface area contributed by atoms with E-state index >= 15 is 0 Å². The highest BCUT2D eigenvalue weighted by Crippen LogP contribution is 2.39. The maximum Gasteiger partial charge on any atom is 0.358 e. The number of aromatic nitrogens is 4. The molecule has 3 fully saturated rings. The van der Waals surface area contributed by atoms with Gasteiger partial charge in [-0.15, -0.1) is 0 Å². The van der Waals surface area contributed by atoms with Crippen LogP contribution in [0.15, 0.2) is 91.0 Å². The summed E-state index contributed by atoms with van der Waals surface area (Å²) in [6.07, 6.45) is 10.8. The number of piperidine rings is 1. The maximum absolute atomic E-state index is 14.1. The van der Waals surface area contributed by atoms with E-state index < -0.39 is 17.5 Å². The van der Waals surface area contributed by atoms with Crippen molar-refractivity contribution in [3.05, 3.63) is 130 Å². The second-order valence-corrected chi connectivity index (χ2v) is 23.4. The molecule has 1 saturated carbocycles. The first-order valence-corrected chi connectivity index (χ1v) is 28.1. The fourth-order valence-corrected chi connectivity index (χ4v) is 12.9. The van der Waals surface area contributed by atoms with Gasteiger partial charge in [-0.3, -0.25) is 29.7 Å². The standard InChI is InChI=1S/C61H68N8O6S/c1-37-43(44-25-27-53(63-56(44)59(73)75-61(2,3)4)69-33-30-39-13-10-15-45(48(39)36-69)57(71)65-60-62-49-16-6-7-18-52(49)76-60)14-11-17-51(37)74-42-22-19-38(20-23-42)12-8-9-31-68-32-29-41(35-68)40-21-24-46-50(34-40)67(5)66-55(46)47-26-28-54(70)64-58(47)72/h6-7,10-11,13-18,21,24-25,27,34,38,41-42,47H,8-9,12,19-20,22-23,26,28-33,35-36H2,1-5H3,(H,62,65,71)(H,64,70,72)/t38?,41-,42?,47?/m0/s1. The molecular formula is C61H68N8O6S. The zero-order chi connectivity index (χ0) is 52.7. The van der Waals surface area contributed by atoms with Gasteiger partial charge in [-0.2, -0.15) is 5.10 Å². The SMILES string of the molecule is Cc1c(OC2CCC(CCCCN3CC[C@H](c4ccc5c(C6CCC(=O)NC6=O)nn(C)c5c4)C3)CC2)cccc1-c1ccc(N2CCc3cccc(C(=O)Nc4nc5ccccc5s4)c3C2)nc1C(=O)OC(C)(C)C. The van der Waals surface area contributed by atoms with Gasteiger partial charge in [0.25, 0.3) is 5.91 Å². The number of amides is 3. The van der Waals surface area contributed by atoms with E-state index in [1.54, 1.807) is 0 Å². The van der Waals surface area contributed by atoms with E-state index in [9.17, 15) is 19.2 Å². The van der Waals surface area contributed by atoms with Gasteiger partial charge in [-0.05, 0) is 174 Å². The van der Waals surface area contributed by atoms with Crippen LogP contribution in [-0.4, -0.2) is 86.2 Å². The average molecular weight is 1040 g/mol. The molecule has 2 N–H and O–H groups in total. The number of rotatable bonds is 14. The van der Waals surface area contributed by atoms with E-state index in [-0.39, 0.29) is 29.5 Å². The molecule has 14 nitrogen and oxygen atoms in total.